The molecule has 1 aromatic carbocycles. The van der Waals surface area contributed by atoms with Crippen molar-refractivity contribution >= 4 is 27.6 Å². The summed E-state index contributed by atoms with van der Waals surface area (Å²) in [5.41, 5.74) is -0.119. The van der Waals surface area contributed by atoms with Crippen molar-refractivity contribution < 1.29 is 24.3 Å². The number of carbonyl (C=O) groups excluding carboxylic acids is 1. The van der Waals surface area contributed by atoms with Gasteiger partial charge < -0.3 is 14.6 Å². The third kappa shape index (κ3) is 4.98. The van der Waals surface area contributed by atoms with Gasteiger partial charge in [0.05, 0.1) is 17.1 Å². The molecule has 1 N–H and O–H groups in total. The van der Waals surface area contributed by atoms with E-state index in [1.165, 1.54) is 19.1 Å². The fraction of sp³-hybridized carbons (Fsp3) is 0.462. The molecule has 0 saturated heterocycles. The first kappa shape index (κ1) is 17.4. The van der Waals surface area contributed by atoms with Gasteiger partial charge in [-0.25, -0.2) is 4.79 Å². The van der Waals surface area contributed by atoms with Crippen LogP contribution in [0.5, 0.6) is 5.75 Å². The van der Waals surface area contributed by atoms with Crippen molar-refractivity contribution in [2.75, 3.05) is 6.61 Å². The predicted molar refractivity (Wildman–Crippen MR) is 78.2 cm³/mol. The predicted octanol–water partition coefficient (Wildman–Crippen LogP) is 2.74. The molecule has 1 rings (SSSR count). The molecular formula is C13H16BrNO6. The molecule has 7 nitrogen and oxygen atoms in total. The summed E-state index contributed by atoms with van der Waals surface area (Å²) in [5, 5.41) is 20.8. The Hall–Kier alpha value is -1.67. The van der Waals surface area contributed by atoms with Gasteiger partial charge in [-0.2, -0.15) is 0 Å². The molecule has 0 bridgehead atoms. The number of halogens is 1. The molecule has 0 unspecified atom stereocenters. The van der Waals surface area contributed by atoms with Gasteiger partial charge in [-0.05, 0) is 26.8 Å². The van der Waals surface area contributed by atoms with Crippen LogP contribution in [-0.2, 0) is 9.53 Å². The number of nitro groups is 1. The first-order chi connectivity index (χ1) is 9.72. The van der Waals surface area contributed by atoms with E-state index in [0.29, 0.717) is 4.47 Å². The number of rotatable bonds is 6. The van der Waals surface area contributed by atoms with Gasteiger partial charge in [0.15, 0.2) is 6.61 Å². The lowest BCUT2D eigenvalue weighted by Crippen LogP contribution is -2.19. The van der Waals surface area contributed by atoms with E-state index in [-0.39, 0.29) is 23.1 Å². The van der Waals surface area contributed by atoms with Crippen molar-refractivity contribution in [3.05, 3.63) is 32.3 Å². The van der Waals surface area contributed by atoms with Gasteiger partial charge in [0.25, 0.3) is 0 Å². The summed E-state index contributed by atoms with van der Waals surface area (Å²) in [6.45, 7) is 4.34. The number of hydrogen-bond donors (Lipinski definition) is 1. The highest BCUT2D eigenvalue weighted by molar-refractivity contribution is 9.10. The molecule has 0 amide bonds. The monoisotopic (exact) mass is 361 g/mol. The number of nitro benzene ring substituents is 1. The summed E-state index contributed by atoms with van der Waals surface area (Å²) in [4.78, 5) is 21.9. The van der Waals surface area contributed by atoms with Crippen LogP contribution in [0.15, 0.2) is 16.6 Å². The van der Waals surface area contributed by atoms with Crippen LogP contribution in [0, 0.1) is 10.1 Å². The van der Waals surface area contributed by atoms with Crippen LogP contribution in [0.4, 0.5) is 5.69 Å². The third-order valence-corrected chi connectivity index (χ3v) is 2.87. The molecule has 0 aliphatic carbocycles. The lowest BCUT2D eigenvalue weighted by atomic mass is 10.1. The minimum Gasteiger partial charge on any atom is -0.475 e. The molecule has 1 aromatic rings. The first-order valence-corrected chi connectivity index (χ1v) is 6.99. The average molecular weight is 362 g/mol. The zero-order valence-electron chi connectivity index (χ0n) is 11.8. The van der Waals surface area contributed by atoms with Gasteiger partial charge in [0.1, 0.15) is 0 Å². The molecule has 0 fully saturated rings. The van der Waals surface area contributed by atoms with E-state index in [2.05, 4.69) is 15.9 Å². The van der Waals surface area contributed by atoms with E-state index in [4.69, 9.17) is 9.47 Å². The molecule has 0 heterocycles. The van der Waals surface area contributed by atoms with Crippen LogP contribution in [0.2, 0.25) is 0 Å². The van der Waals surface area contributed by atoms with Crippen LogP contribution < -0.4 is 4.74 Å². The fourth-order valence-corrected chi connectivity index (χ4v) is 2.09. The van der Waals surface area contributed by atoms with Gasteiger partial charge in [0, 0.05) is 16.1 Å². The number of aliphatic hydroxyl groups excluding tert-OH is 1. The lowest BCUT2D eigenvalue weighted by molar-refractivity contribution is -0.386. The molecule has 0 aliphatic rings. The number of benzene rings is 1. The van der Waals surface area contributed by atoms with Crippen molar-refractivity contribution in [1.29, 1.82) is 0 Å². The van der Waals surface area contributed by atoms with E-state index in [1.54, 1.807) is 13.8 Å². The molecule has 0 spiro atoms. The van der Waals surface area contributed by atoms with Gasteiger partial charge in [-0.1, -0.05) is 15.9 Å². The molecule has 8 heteroatoms. The van der Waals surface area contributed by atoms with Crippen LogP contribution in [0.3, 0.4) is 0 Å². The molecule has 21 heavy (non-hydrogen) atoms. The van der Waals surface area contributed by atoms with Gasteiger partial charge in [-0.15, -0.1) is 0 Å². The number of esters is 1. The quantitative estimate of drug-likeness (QED) is 0.475. The SMILES string of the molecule is CC(C)OC(=O)COc1c([C@H](C)O)cc(Br)cc1[N+](=O)[O-]. The van der Waals surface area contributed by atoms with Crippen molar-refractivity contribution in [3.8, 4) is 5.75 Å². The summed E-state index contributed by atoms with van der Waals surface area (Å²) < 4.78 is 10.5. The molecular weight excluding hydrogens is 346 g/mol. The maximum absolute atomic E-state index is 11.5. The highest BCUT2D eigenvalue weighted by Gasteiger charge is 2.24. The Morgan fingerprint density at radius 3 is 2.52 bits per heavy atom. The van der Waals surface area contributed by atoms with Crippen molar-refractivity contribution in [2.24, 2.45) is 0 Å². The van der Waals surface area contributed by atoms with Gasteiger partial charge in [0.2, 0.25) is 5.75 Å². The zero-order valence-corrected chi connectivity index (χ0v) is 13.4. The van der Waals surface area contributed by atoms with E-state index in [1.807, 2.05) is 0 Å². The average Bonchev–Trinajstić information content (AvgIpc) is 2.35. The second kappa shape index (κ2) is 7.37. The van der Waals surface area contributed by atoms with Crippen LogP contribution in [0.1, 0.15) is 32.4 Å². The largest absolute Gasteiger partial charge is 0.475 e. The van der Waals surface area contributed by atoms with Gasteiger partial charge >= 0.3 is 11.7 Å². The highest BCUT2D eigenvalue weighted by atomic mass is 79.9. The van der Waals surface area contributed by atoms with Crippen molar-refractivity contribution in [2.45, 2.75) is 33.0 Å². The summed E-state index contributed by atoms with van der Waals surface area (Å²) in [7, 11) is 0. The number of nitrogens with zero attached hydrogens (tertiary/aromatic N) is 1. The molecule has 0 aromatic heterocycles. The summed E-state index contributed by atoms with van der Waals surface area (Å²) >= 11 is 3.13. The maximum Gasteiger partial charge on any atom is 0.344 e. The Balaban J connectivity index is 3.08. The molecule has 1 atom stereocenters. The van der Waals surface area contributed by atoms with Crippen LogP contribution in [0.25, 0.3) is 0 Å². The molecule has 0 saturated carbocycles. The highest BCUT2D eigenvalue weighted by Crippen LogP contribution is 2.37. The molecule has 0 radical (unpaired) electrons. The first-order valence-electron chi connectivity index (χ1n) is 6.20. The number of hydrogen-bond acceptors (Lipinski definition) is 6. The second-order valence-corrected chi connectivity index (χ2v) is 5.52. The normalized spacial score (nSPS) is 12.1. The minimum absolute atomic E-state index is 0.140. The number of carbonyl (C=O) groups is 1. The summed E-state index contributed by atoms with van der Waals surface area (Å²) in [5.74, 6) is -0.780. The Labute approximate surface area is 130 Å². The topological polar surface area (TPSA) is 98.9 Å². The molecule has 0 aliphatic heterocycles. The van der Waals surface area contributed by atoms with E-state index in [0.717, 1.165) is 0 Å². The number of ether oxygens (including phenoxy) is 2. The number of aliphatic hydroxyl groups is 1. The van der Waals surface area contributed by atoms with Crippen LogP contribution in [-0.4, -0.2) is 28.7 Å². The Kier molecular flexibility index (Phi) is 6.10. The Bertz CT molecular complexity index is 544. The second-order valence-electron chi connectivity index (χ2n) is 4.60. The van der Waals surface area contributed by atoms with E-state index < -0.39 is 23.6 Å². The van der Waals surface area contributed by atoms with Crippen molar-refractivity contribution in [3.63, 3.8) is 0 Å². The van der Waals surface area contributed by atoms with Crippen LogP contribution >= 0.6 is 15.9 Å². The Morgan fingerprint density at radius 1 is 1.43 bits per heavy atom. The maximum atomic E-state index is 11.5. The summed E-state index contributed by atoms with van der Waals surface area (Å²) in [6, 6.07) is 2.75. The van der Waals surface area contributed by atoms with E-state index >= 15 is 0 Å². The third-order valence-electron chi connectivity index (χ3n) is 2.41. The molecule has 116 valence electrons. The smallest absolute Gasteiger partial charge is 0.344 e. The zero-order chi connectivity index (χ0) is 16.2. The minimum atomic E-state index is -0.989. The van der Waals surface area contributed by atoms with Gasteiger partial charge in [-0.3, -0.25) is 10.1 Å². The van der Waals surface area contributed by atoms with Crippen molar-refractivity contribution in [1.82, 2.24) is 0 Å². The Morgan fingerprint density at radius 2 is 2.05 bits per heavy atom. The van der Waals surface area contributed by atoms with E-state index in [9.17, 15) is 20.0 Å². The standard InChI is InChI=1S/C13H16BrNO6/c1-7(2)21-12(17)6-20-13-10(8(3)16)4-9(14)5-11(13)15(18)19/h4-5,7-8,16H,6H2,1-3H3/t8-/m0/s1. The fourth-order valence-electron chi connectivity index (χ4n) is 1.63. The lowest BCUT2D eigenvalue weighted by Gasteiger charge is -2.14. The summed E-state index contributed by atoms with van der Waals surface area (Å²) in [6.07, 6.45) is -1.30.